The first-order chi connectivity index (χ1) is 9.70. The maximum absolute atomic E-state index is 13.4. The predicted octanol–water partition coefficient (Wildman–Crippen LogP) is 3.86. The number of likely N-dealkylation sites (N-methyl/N-ethyl adjacent to an activating group) is 1. The molecule has 1 unspecified atom stereocenters. The number of halogens is 1. The van der Waals surface area contributed by atoms with Crippen LogP contribution in [-0.2, 0) is 0 Å². The molecule has 0 bridgehead atoms. The lowest BCUT2D eigenvalue weighted by Gasteiger charge is -2.21. The van der Waals surface area contributed by atoms with Gasteiger partial charge in [-0.2, -0.15) is 0 Å². The normalized spacial score (nSPS) is 12.2. The summed E-state index contributed by atoms with van der Waals surface area (Å²) in [4.78, 5) is 0. The van der Waals surface area contributed by atoms with Crippen LogP contribution in [0.1, 0.15) is 24.1 Å². The van der Waals surface area contributed by atoms with Crippen molar-refractivity contribution in [3.05, 3.63) is 65.5 Å². The Kier molecular flexibility index (Phi) is 5.13. The van der Waals surface area contributed by atoms with Gasteiger partial charge in [-0.3, -0.25) is 0 Å². The Labute approximate surface area is 119 Å². The molecule has 0 saturated heterocycles. The highest BCUT2D eigenvalue weighted by atomic mass is 19.1. The molecule has 1 atom stereocenters. The molecule has 0 spiro atoms. The average molecular weight is 273 g/mol. The van der Waals surface area contributed by atoms with Gasteiger partial charge in [0.1, 0.15) is 18.2 Å². The number of hydrogen-bond donors (Lipinski definition) is 1. The minimum atomic E-state index is -0.215. The summed E-state index contributed by atoms with van der Waals surface area (Å²) >= 11 is 0. The molecule has 0 aliphatic rings. The number of benzene rings is 2. The number of aryl methyl sites for hydroxylation is 1. The topological polar surface area (TPSA) is 21.3 Å². The summed E-state index contributed by atoms with van der Waals surface area (Å²) in [6.07, 6.45) is 0. The monoisotopic (exact) mass is 273 g/mol. The molecule has 2 aromatic carbocycles. The van der Waals surface area contributed by atoms with E-state index in [9.17, 15) is 4.39 Å². The van der Waals surface area contributed by atoms with Crippen LogP contribution in [0.3, 0.4) is 0 Å². The third kappa shape index (κ3) is 3.81. The standard InChI is InChI=1S/C17H20FNO/c1-3-19-17(12-20-15-7-5-4-6-8-15)16-11-14(18)10-9-13(16)2/h4-11,17,19H,3,12H2,1-2H3. The van der Waals surface area contributed by atoms with Crippen LogP contribution in [0, 0.1) is 12.7 Å². The molecule has 0 saturated carbocycles. The zero-order valence-corrected chi connectivity index (χ0v) is 11.9. The first-order valence-corrected chi connectivity index (χ1v) is 6.88. The van der Waals surface area contributed by atoms with Crippen LogP contribution in [-0.4, -0.2) is 13.2 Å². The van der Waals surface area contributed by atoms with Gasteiger partial charge in [-0.05, 0) is 48.9 Å². The number of nitrogens with one attached hydrogen (secondary N) is 1. The van der Waals surface area contributed by atoms with Crippen LogP contribution in [0.25, 0.3) is 0 Å². The van der Waals surface area contributed by atoms with Gasteiger partial charge in [-0.25, -0.2) is 4.39 Å². The highest BCUT2D eigenvalue weighted by Gasteiger charge is 2.14. The lowest BCUT2D eigenvalue weighted by Crippen LogP contribution is -2.27. The maximum atomic E-state index is 13.4. The lowest BCUT2D eigenvalue weighted by atomic mass is 10.0. The van der Waals surface area contributed by atoms with E-state index in [1.54, 1.807) is 12.1 Å². The van der Waals surface area contributed by atoms with Crippen molar-refractivity contribution in [2.24, 2.45) is 0 Å². The zero-order chi connectivity index (χ0) is 14.4. The van der Waals surface area contributed by atoms with E-state index in [4.69, 9.17) is 4.74 Å². The Balaban J connectivity index is 2.12. The molecule has 2 nitrogen and oxygen atoms in total. The van der Waals surface area contributed by atoms with Crippen molar-refractivity contribution >= 4 is 0 Å². The van der Waals surface area contributed by atoms with E-state index in [-0.39, 0.29) is 11.9 Å². The van der Waals surface area contributed by atoms with Crippen molar-refractivity contribution < 1.29 is 9.13 Å². The van der Waals surface area contributed by atoms with Crippen LogP contribution < -0.4 is 10.1 Å². The van der Waals surface area contributed by atoms with Gasteiger partial charge in [0.2, 0.25) is 0 Å². The molecule has 0 aliphatic carbocycles. The molecule has 106 valence electrons. The Morgan fingerprint density at radius 3 is 2.60 bits per heavy atom. The molecule has 0 aromatic heterocycles. The van der Waals surface area contributed by atoms with E-state index in [0.717, 1.165) is 23.4 Å². The van der Waals surface area contributed by atoms with Crippen LogP contribution in [0.4, 0.5) is 4.39 Å². The summed E-state index contributed by atoms with van der Waals surface area (Å²) in [7, 11) is 0. The molecule has 0 amide bonds. The molecule has 2 rings (SSSR count). The third-order valence-corrected chi connectivity index (χ3v) is 3.23. The second kappa shape index (κ2) is 7.06. The van der Waals surface area contributed by atoms with E-state index >= 15 is 0 Å². The van der Waals surface area contributed by atoms with Crippen LogP contribution in [0.5, 0.6) is 5.75 Å². The fourth-order valence-corrected chi connectivity index (χ4v) is 2.19. The SMILES string of the molecule is CCNC(COc1ccccc1)c1cc(F)ccc1C. The molecule has 0 fully saturated rings. The quantitative estimate of drug-likeness (QED) is 0.862. The first-order valence-electron chi connectivity index (χ1n) is 6.88. The molecule has 1 N–H and O–H groups in total. The summed E-state index contributed by atoms with van der Waals surface area (Å²) in [6.45, 7) is 5.30. The number of hydrogen-bond acceptors (Lipinski definition) is 2. The van der Waals surface area contributed by atoms with Gasteiger partial charge in [0, 0.05) is 0 Å². The molecule has 0 aliphatic heterocycles. The van der Waals surface area contributed by atoms with Gasteiger partial charge in [0.05, 0.1) is 6.04 Å². The van der Waals surface area contributed by atoms with E-state index in [2.05, 4.69) is 5.32 Å². The van der Waals surface area contributed by atoms with Gasteiger partial charge >= 0.3 is 0 Å². The summed E-state index contributed by atoms with van der Waals surface area (Å²) in [5.41, 5.74) is 2.01. The highest BCUT2D eigenvalue weighted by Crippen LogP contribution is 2.20. The molecule has 20 heavy (non-hydrogen) atoms. The number of para-hydroxylation sites is 1. The Morgan fingerprint density at radius 1 is 1.15 bits per heavy atom. The molecular weight excluding hydrogens is 253 g/mol. The van der Waals surface area contributed by atoms with E-state index < -0.39 is 0 Å². The summed E-state index contributed by atoms with van der Waals surface area (Å²) in [6, 6.07) is 14.5. The first kappa shape index (κ1) is 14.5. The predicted molar refractivity (Wildman–Crippen MR) is 79.5 cm³/mol. The average Bonchev–Trinajstić information content (AvgIpc) is 2.47. The molecule has 2 aromatic rings. The van der Waals surface area contributed by atoms with E-state index in [0.29, 0.717) is 6.61 Å². The van der Waals surface area contributed by atoms with Crippen molar-refractivity contribution in [3.8, 4) is 5.75 Å². The Morgan fingerprint density at radius 2 is 1.90 bits per heavy atom. The van der Waals surface area contributed by atoms with E-state index in [1.165, 1.54) is 6.07 Å². The minimum Gasteiger partial charge on any atom is -0.492 e. The summed E-state index contributed by atoms with van der Waals surface area (Å²) in [5.74, 6) is 0.609. The van der Waals surface area contributed by atoms with Crippen LogP contribution in [0.2, 0.25) is 0 Å². The summed E-state index contributed by atoms with van der Waals surface area (Å²) < 4.78 is 19.2. The molecular formula is C17H20FNO. The van der Waals surface area contributed by atoms with Crippen molar-refractivity contribution in [1.29, 1.82) is 0 Å². The van der Waals surface area contributed by atoms with Gasteiger partial charge in [-0.1, -0.05) is 31.2 Å². The van der Waals surface area contributed by atoms with Gasteiger partial charge in [0.25, 0.3) is 0 Å². The fourth-order valence-electron chi connectivity index (χ4n) is 2.19. The highest BCUT2D eigenvalue weighted by molar-refractivity contribution is 5.30. The van der Waals surface area contributed by atoms with Crippen LogP contribution in [0.15, 0.2) is 48.5 Å². The minimum absolute atomic E-state index is 0.0177. The molecule has 0 radical (unpaired) electrons. The van der Waals surface area contributed by atoms with Crippen molar-refractivity contribution in [1.82, 2.24) is 5.32 Å². The second-order valence-electron chi connectivity index (χ2n) is 4.74. The molecule has 3 heteroatoms. The fraction of sp³-hybridized carbons (Fsp3) is 0.294. The van der Waals surface area contributed by atoms with Crippen molar-refractivity contribution in [3.63, 3.8) is 0 Å². The van der Waals surface area contributed by atoms with Crippen molar-refractivity contribution in [2.45, 2.75) is 19.9 Å². The Hall–Kier alpha value is -1.87. The Bertz CT molecular complexity index is 542. The smallest absolute Gasteiger partial charge is 0.123 e. The molecule has 0 heterocycles. The zero-order valence-electron chi connectivity index (χ0n) is 11.9. The number of rotatable bonds is 6. The third-order valence-electron chi connectivity index (χ3n) is 3.23. The second-order valence-corrected chi connectivity index (χ2v) is 4.74. The number of ether oxygens (including phenoxy) is 1. The van der Waals surface area contributed by atoms with Crippen LogP contribution >= 0.6 is 0 Å². The lowest BCUT2D eigenvalue weighted by molar-refractivity contribution is 0.267. The van der Waals surface area contributed by atoms with Gasteiger partial charge < -0.3 is 10.1 Å². The van der Waals surface area contributed by atoms with Gasteiger partial charge in [0.15, 0.2) is 0 Å². The maximum Gasteiger partial charge on any atom is 0.123 e. The van der Waals surface area contributed by atoms with E-state index in [1.807, 2.05) is 44.2 Å². The van der Waals surface area contributed by atoms with Gasteiger partial charge in [-0.15, -0.1) is 0 Å². The summed E-state index contributed by atoms with van der Waals surface area (Å²) in [5, 5.41) is 3.35. The largest absolute Gasteiger partial charge is 0.492 e. The van der Waals surface area contributed by atoms with Crippen molar-refractivity contribution in [2.75, 3.05) is 13.2 Å².